The smallest absolute Gasteiger partial charge is 0.254 e. The van der Waals surface area contributed by atoms with Crippen molar-refractivity contribution < 1.29 is 13.6 Å². The highest BCUT2D eigenvalue weighted by atomic mass is 19.1. The van der Waals surface area contributed by atoms with Crippen LogP contribution in [0.15, 0.2) is 42.7 Å². The van der Waals surface area contributed by atoms with Crippen molar-refractivity contribution in [2.24, 2.45) is 5.92 Å². The third-order valence-electron chi connectivity index (χ3n) is 3.20. The van der Waals surface area contributed by atoms with Crippen molar-refractivity contribution in [1.82, 2.24) is 10.3 Å². The van der Waals surface area contributed by atoms with E-state index in [9.17, 15) is 13.6 Å². The van der Waals surface area contributed by atoms with E-state index in [0.29, 0.717) is 0 Å². The molecule has 0 saturated heterocycles. The molecule has 0 saturated carbocycles. The van der Waals surface area contributed by atoms with Gasteiger partial charge in [0.25, 0.3) is 5.91 Å². The zero-order valence-electron chi connectivity index (χ0n) is 11.8. The number of carbonyl (C=O) groups is 1. The summed E-state index contributed by atoms with van der Waals surface area (Å²) >= 11 is 0. The third kappa shape index (κ3) is 3.62. The van der Waals surface area contributed by atoms with Gasteiger partial charge in [0.15, 0.2) is 5.82 Å². The lowest BCUT2D eigenvalue weighted by molar-refractivity contribution is 0.0921. The predicted octanol–water partition coefficient (Wildman–Crippen LogP) is 3.49. The van der Waals surface area contributed by atoms with Gasteiger partial charge < -0.3 is 5.32 Å². The Bertz CT molecular complexity index is 626. The van der Waals surface area contributed by atoms with Crippen LogP contribution in [0.1, 0.15) is 35.8 Å². The van der Waals surface area contributed by atoms with Crippen molar-refractivity contribution in [3.63, 3.8) is 0 Å². The monoisotopic (exact) mass is 290 g/mol. The van der Waals surface area contributed by atoms with Crippen LogP contribution in [0.3, 0.4) is 0 Å². The summed E-state index contributed by atoms with van der Waals surface area (Å²) < 4.78 is 26.6. The Balaban J connectivity index is 2.23. The van der Waals surface area contributed by atoms with Crippen LogP contribution >= 0.6 is 0 Å². The summed E-state index contributed by atoms with van der Waals surface area (Å²) in [4.78, 5) is 15.8. The summed E-state index contributed by atoms with van der Waals surface area (Å²) in [7, 11) is 0. The lowest BCUT2D eigenvalue weighted by atomic mass is 9.95. The highest BCUT2D eigenvalue weighted by molar-refractivity contribution is 5.94. The van der Waals surface area contributed by atoms with Crippen LogP contribution in [0.5, 0.6) is 0 Å². The minimum Gasteiger partial charge on any atom is -0.345 e. The Morgan fingerprint density at radius 3 is 2.38 bits per heavy atom. The first kappa shape index (κ1) is 15.1. The second-order valence-electron chi connectivity index (χ2n) is 5.10. The van der Waals surface area contributed by atoms with Gasteiger partial charge in [-0.15, -0.1) is 0 Å². The van der Waals surface area contributed by atoms with Gasteiger partial charge in [-0.3, -0.25) is 9.78 Å². The summed E-state index contributed by atoms with van der Waals surface area (Å²) in [5.41, 5.74) is 0.715. The molecule has 0 aliphatic rings. The number of carbonyl (C=O) groups excluding carboxylic acids is 1. The molecule has 3 nitrogen and oxygen atoms in total. The van der Waals surface area contributed by atoms with E-state index >= 15 is 0 Å². The van der Waals surface area contributed by atoms with Crippen LogP contribution < -0.4 is 5.32 Å². The van der Waals surface area contributed by atoms with Crippen LogP contribution in [0.25, 0.3) is 0 Å². The number of halogens is 2. The van der Waals surface area contributed by atoms with Crippen LogP contribution in [-0.2, 0) is 0 Å². The zero-order chi connectivity index (χ0) is 15.4. The van der Waals surface area contributed by atoms with Crippen LogP contribution in [0, 0.1) is 17.6 Å². The number of benzene rings is 1. The summed E-state index contributed by atoms with van der Waals surface area (Å²) in [6, 6.07) is 6.90. The van der Waals surface area contributed by atoms with Gasteiger partial charge >= 0.3 is 0 Å². The second-order valence-corrected chi connectivity index (χ2v) is 5.10. The highest BCUT2D eigenvalue weighted by Gasteiger charge is 2.20. The molecular weight excluding hydrogens is 274 g/mol. The van der Waals surface area contributed by atoms with Crippen LogP contribution in [-0.4, -0.2) is 10.9 Å². The third-order valence-corrected chi connectivity index (χ3v) is 3.20. The van der Waals surface area contributed by atoms with Gasteiger partial charge in [-0.1, -0.05) is 26.0 Å². The van der Waals surface area contributed by atoms with Crippen molar-refractivity contribution >= 4 is 5.91 Å². The lowest BCUT2D eigenvalue weighted by Gasteiger charge is -2.23. The maximum Gasteiger partial charge on any atom is 0.254 e. The van der Waals surface area contributed by atoms with Gasteiger partial charge in [-0.05, 0) is 29.7 Å². The number of amides is 1. The molecule has 0 spiro atoms. The standard InChI is InChI=1S/C16H16F2N2O/c1-10(2)15(11-3-5-12(17)6-4-11)20-16(21)13-7-8-19-9-14(13)18/h3-10,15H,1-2H3,(H,20,21). The predicted molar refractivity (Wildman–Crippen MR) is 75.6 cm³/mol. The van der Waals surface area contributed by atoms with Gasteiger partial charge in [0.2, 0.25) is 0 Å². The summed E-state index contributed by atoms with van der Waals surface area (Å²) in [5.74, 6) is -1.45. The van der Waals surface area contributed by atoms with Gasteiger partial charge in [0, 0.05) is 6.20 Å². The molecular formula is C16H16F2N2O. The Morgan fingerprint density at radius 1 is 1.14 bits per heavy atom. The highest BCUT2D eigenvalue weighted by Crippen LogP contribution is 2.22. The molecule has 0 radical (unpaired) electrons. The molecule has 2 rings (SSSR count). The first-order valence-corrected chi connectivity index (χ1v) is 6.65. The largest absolute Gasteiger partial charge is 0.345 e. The molecule has 21 heavy (non-hydrogen) atoms. The van der Waals surface area contributed by atoms with Crippen molar-refractivity contribution in [1.29, 1.82) is 0 Å². The maximum absolute atomic E-state index is 13.6. The van der Waals surface area contributed by atoms with Crippen molar-refractivity contribution in [3.05, 3.63) is 65.5 Å². The normalized spacial score (nSPS) is 12.2. The molecule has 1 aromatic heterocycles. The SMILES string of the molecule is CC(C)C(NC(=O)c1ccncc1F)c1ccc(F)cc1. The van der Waals surface area contributed by atoms with E-state index in [4.69, 9.17) is 0 Å². The van der Waals surface area contributed by atoms with Gasteiger partial charge in [-0.2, -0.15) is 0 Å². The molecule has 1 aromatic carbocycles. The van der Waals surface area contributed by atoms with Gasteiger partial charge in [0.1, 0.15) is 5.82 Å². The minimum absolute atomic E-state index is 0.0576. The molecule has 1 amide bonds. The fraction of sp³-hybridized carbons (Fsp3) is 0.250. The number of aromatic nitrogens is 1. The topological polar surface area (TPSA) is 42.0 Å². The number of nitrogens with zero attached hydrogens (tertiary/aromatic N) is 1. The first-order chi connectivity index (χ1) is 9.99. The Labute approximate surface area is 122 Å². The molecule has 0 aliphatic carbocycles. The molecule has 0 bridgehead atoms. The van der Waals surface area contributed by atoms with E-state index in [1.165, 1.54) is 24.4 Å². The molecule has 1 unspecified atom stereocenters. The number of pyridine rings is 1. The summed E-state index contributed by atoms with van der Waals surface area (Å²) in [6.45, 7) is 3.86. The first-order valence-electron chi connectivity index (χ1n) is 6.65. The van der Waals surface area contributed by atoms with Crippen LogP contribution in [0.2, 0.25) is 0 Å². The van der Waals surface area contributed by atoms with E-state index in [0.717, 1.165) is 11.8 Å². The fourth-order valence-electron chi connectivity index (χ4n) is 2.08. The average Bonchev–Trinajstić information content (AvgIpc) is 2.46. The lowest BCUT2D eigenvalue weighted by Crippen LogP contribution is -2.32. The number of nitrogens with one attached hydrogen (secondary N) is 1. The molecule has 1 heterocycles. The molecule has 1 atom stereocenters. The fourth-order valence-corrected chi connectivity index (χ4v) is 2.08. The summed E-state index contributed by atoms with van der Waals surface area (Å²) in [6.07, 6.45) is 2.36. The Kier molecular flexibility index (Phi) is 4.62. The Morgan fingerprint density at radius 2 is 1.81 bits per heavy atom. The number of hydrogen-bond donors (Lipinski definition) is 1. The van der Waals surface area contributed by atoms with E-state index in [-0.39, 0.29) is 23.3 Å². The van der Waals surface area contributed by atoms with Crippen LogP contribution in [0.4, 0.5) is 8.78 Å². The van der Waals surface area contributed by atoms with E-state index in [1.54, 1.807) is 12.1 Å². The van der Waals surface area contributed by atoms with Gasteiger partial charge in [0.05, 0.1) is 17.8 Å². The van der Waals surface area contributed by atoms with E-state index in [2.05, 4.69) is 10.3 Å². The van der Waals surface area contributed by atoms with Crippen molar-refractivity contribution in [2.45, 2.75) is 19.9 Å². The van der Waals surface area contributed by atoms with Crippen molar-refractivity contribution in [3.8, 4) is 0 Å². The molecule has 2 aromatic rings. The van der Waals surface area contributed by atoms with E-state index in [1.807, 2.05) is 13.8 Å². The van der Waals surface area contributed by atoms with E-state index < -0.39 is 11.7 Å². The van der Waals surface area contributed by atoms with Crippen molar-refractivity contribution in [2.75, 3.05) is 0 Å². The second kappa shape index (κ2) is 6.43. The number of rotatable bonds is 4. The molecule has 0 fully saturated rings. The Hall–Kier alpha value is -2.30. The summed E-state index contributed by atoms with van der Waals surface area (Å²) in [5, 5.41) is 2.78. The molecule has 1 N–H and O–H groups in total. The minimum atomic E-state index is -0.670. The molecule has 110 valence electrons. The van der Waals surface area contributed by atoms with Gasteiger partial charge in [-0.25, -0.2) is 8.78 Å². The maximum atomic E-state index is 13.6. The zero-order valence-corrected chi connectivity index (χ0v) is 11.8. The molecule has 0 aliphatic heterocycles. The average molecular weight is 290 g/mol. The molecule has 5 heteroatoms. The quantitative estimate of drug-likeness (QED) is 0.936. The number of hydrogen-bond acceptors (Lipinski definition) is 2.